The van der Waals surface area contributed by atoms with Crippen molar-refractivity contribution in [3.63, 3.8) is 0 Å². The summed E-state index contributed by atoms with van der Waals surface area (Å²) < 4.78 is 5.55. The Kier molecular flexibility index (Phi) is 4.03. The Labute approximate surface area is 99.8 Å². The summed E-state index contributed by atoms with van der Waals surface area (Å²) in [6.07, 6.45) is 2.45. The molecule has 4 unspecified atom stereocenters. The quantitative estimate of drug-likeness (QED) is 0.638. The topological polar surface area (TPSA) is 26.3 Å². The summed E-state index contributed by atoms with van der Waals surface area (Å²) in [5, 5.41) is 0. The molecule has 94 valence electrons. The van der Waals surface area contributed by atoms with E-state index in [1.165, 1.54) is 19.8 Å². The second-order valence-corrected chi connectivity index (χ2v) is 6.60. The maximum atomic E-state index is 11.2. The number of esters is 1. The number of hydrogen-bond donors (Lipinski definition) is 0. The molecule has 2 heteroatoms. The fourth-order valence-corrected chi connectivity index (χ4v) is 3.07. The summed E-state index contributed by atoms with van der Waals surface area (Å²) in [7, 11) is 0. The zero-order valence-corrected chi connectivity index (χ0v) is 11.5. The van der Waals surface area contributed by atoms with Crippen LogP contribution in [0, 0.1) is 23.2 Å². The lowest BCUT2D eigenvalue weighted by Crippen LogP contribution is -2.44. The van der Waals surface area contributed by atoms with Gasteiger partial charge in [-0.25, -0.2) is 0 Å². The number of rotatable bonds is 1. The van der Waals surface area contributed by atoms with Gasteiger partial charge in [-0.3, -0.25) is 4.79 Å². The van der Waals surface area contributed by atoms with Crippen LogP contribution in [0.3, 0.4) is 0 Å². The van der Waals surface area contributed by atoms with Gasteiger partial charge in [-0.2, -0.15) is 0 Å². The average Bonchev–Trinajstić information content (AvgIpc) is 2.06. The van der Waals surface area contributed by atoms with E-state index in [1.54, 1.807) is 0 Å². The molecule has 0 heterocycles. The van der Waals surface area contributed by atoms with Crippen LogP contribution in [0.25, 0.3) is 0 Å². The van der Waals surface area contributed by atoms with Gasteiger partial charge < -0.3 is 4.74 Å². The van der Waals surface area contributed by atoms with E-state index in [0.29, 0.717) is 11.8 Å². The molecule has 1 saturated carbocycles. The summed E-state index contributed by atoms with van der Waals surface area (Å²) in [5.74, 6) is 1.57. The van der Waals surface area contributed by atoms with Gasteiger partial charge >= 0.3 is 5.97 Å². The Morgan fingerprint density at radius 2 is 1.75 bits per heavy atom. The molecule has 0 aromatic rings. The van der Waals surface area contributed by atoms with Crippen molar-refractivity contribution >= 4 is 5.97 Å². The van der Waals surface area contributed by atoms with Gasteiger partial charge in [0.2, 0.25) is 0 Å². The maximum absolute atomic E-state index is 11.2. The molecule has 1 aliphatic rings. The number of ether oxygens (including phenoxy) is 1. The fraction of sp³-hybridized carbons (Fsp3) is 0.929. The van der Waals surface area contributed by atoms with Crippen LogP contribution >= 0.6 is 0 Å². The van der Waals surface area contributed by atoms with Crippen LogP contribution in [0.1, 0.15) is 54.4 Å². The second kappa shape index (κ2) is 4.77. The zero-order chi connectivity index (χ0) is 12.5. The largest absolute Gasteiger partial charge is 0.462 e. The van der Waals surface area contributed by atoms with E-state index in [9.17, 15) is 4.79 Å². The second-order valence-electron chi connectivity index (χ2n) is 6.60. The molecule has 0 saturated heterocycles. The van der Waals surface area contributed by atoms with Gasteiger partial charge in [-0.05, 0) is 30.1 Å². The summed E-state index contributed by atoms with van der Waals surface area (Å²) in [6, 6.07) is 0. The molecule has 0 radical (unpaired) electrons. The minimum atomic E-state index is -0.138. The highest BCUT2D eigenvalue weighted by Crippen LogP contribution is 2.44. The zero-order valence-electron chi connectivity index (χ0n) is 11.5. The maximum Gasteiger partial charge on any atom is 0.302 e. The van der Waals surface area contributed by atoms with Crippen molar-refractivity contribution in [1.82, 2.24) is 0 Å². The molecule has 0 amide bonds. The molecule has 0 bridgehead atoms. The SMILES string of the molecule is CC(=O)OC1C(C)CC(C)CC1C(C)(C)C. The predicted molar refractivity (Wildman–Crippen MR) is 66.1 cm³/mol. The lowest BCUT2D eigenvalue weighted by atomic mass is 9.64. The van der Waals surface area contributed by atoms with Crippen LogP contribution < -0.4 is 0 Å². The molecule has 4 atom stereocenters. The molecule has 16 heavy (non-hydrogen) atoms. The van der Waals surface area contributed by atoms with Gasteiger partial charge in [0.15, 0.2) is 0 Å². The van der Waals surface area contributed by atoms with Crippen LogP contribution in [0.4, 0.5) is 0 Å². The Morgan fingerprint density at radius 3 is 2.19 bits per heavy atom. The van der Waals surface area contributed by atoms with Crippen molar-refractivity contribution in [2.24, 2.45) is 23.2 Å². The van der Waals surface area contributed by atoms with E-state index in [2.05, 4.69) is 34.6 Å². The van der Waals surface area contributed by atoms with Crippen molar-refractivity contribution in [3.05, 3.63) is 0 Å². The van der Waals surface area contributed by atoms with Gasteiger partial charge in [-0.1, -0.05) is 34.6 Å². The minimum Gasteiger partial charge on any atom is -0.462 e. The predicted octanol–water partition coefficient (Wildman–Crippen LogP) is 3.65. The third-order valence-corrected chi connectivity index (χ3v) is 3.80. The molecule has 0 aromatic carbocycles. The molecule has 1 fully saturated rings. The molecule has 2 nitrogen and oxygen atoms in total. The van der Waals surface area contributed by atoms with E-state index in [0.717, 1.165) is 5.92 Å². The summed E-state index contributed by atoms with van der Waals surface area (Å²) in [5.41, 5.74) is 0.211. The molecule has 0 N–H and O–H groups in total. The lowest BCUT2D eigenvalue weighted by molar-refractivity contribution is -0.160. The smallest absolute Gasteiger partial charge is 0.302 e. The highest BCUT2D eigenvalue weighted by Gasteiger charge is 2.41. The highest BCUT2D eigenvalue weighted by molar-refractivity contribution is 5.66. The Morgan fingerprint density at radius 1 is 1.19 bits per heavy atom. The van der Waals surface area contributed by atoms with Gasteiger partial charge in [0.05, 0.1) is 0 Å². The van der Waals surface area contributed by atoms with Gasteiger partial charge in [-0.15, -0.1) is 0 Å². The van der Waals surface area contributed by atoms with E-state index in [4.69, 9.17) is 4.74 Å². The fourth-order valence-electron chi connectivity index (χ4n) is 3.07. The van der Waals surface area contributed by atoms with Crippen LogP contribution in [-0.4, -0.2) is 12.1 Å². The van der Waals surface area contributed by atoms with E-state index >= 15 is 0 Å². The average molecular weight is 226 g/mol. The monoisotopic (exact) mass is 226 g/mol. The first-order chi connectivity index (χ1) is 7.21. The van der Waals surface area contributed by atoms with Gasteiger partial charge in [0, 0.05) is 12.8 Å². The van der Waals surface area contributed by atoms with Gasteiger partial charge in [0.25, 0.3) is 0 Å². The third kappa shape index (κ3) is 3.23. The van der Waals surface area contributed by atoms with Crippen LogP contribution in [0.2, 0.25) is 0 Å². The molecular formula is C14H26O2. The number of hydrogen-bond acceptors (Lipinski definition) is 2. The molecule has 1 aliphatic carbocycles. The van der Waals surface area contributed by atoms with Crippen LogP contribution in [0.15, 0.2) is 0 Å². The first-order valence-corrected chi connectivity index (χ1v) is 6.39. The summed E-state index contributed by atoms with van der Waals surface area (Å²) in [6.45, 7) is 12.8. The molecule has 0 aromatic heterocycles. The first kappa shape index (κ1) is 13.5. The minimum absolute atomic E-state index is 0.105. The summed E-state index contributed by atoms with van der Waals surface area (Å²) in [4.78, 5) is 11.2. The summed E-state index contributed by atoms with van der Waals surface area (Å²) >= 11 is 0. The number of carbonyl (C=O) groups excluding carboxylic acids is 1. The Balaban J connectivity index is 2.85. The van der Waals surface area contributed by atoms with Crippen molar-refractivity contribution in [1.29, 1.82) is 0 Å². The van der Waals surface area contributed by atoms with E-state index in [-0.39, 0.29) is 17.5 Å². The Bertz CT molecular complexity index is 252. The normalized spacial score (nSPS) is 35.9. The van der Waals surface area contributed by atoms with Crippen molar-refractivity contribution in [2.45, 2.75) is 60.5 Å². The highest BCUT2D eigenvalue weighted by atomic mass is 16.5. The van der Waals surface area contributed by atoms with E-state index < -0.39 is 0 Å². The molecule has 0 aliphatic heterocycles. The van der Waals surface area contributed by atoms with Crippen LogP contribution in [-0.2, 0) is 9.53 Å². The molecular weight excluding hydrogens is 200 g/mol. The van der Waals surface area contributed by atoms with Crippen LogP contribution in [0.5, 0.6) is 0 Å². The molecule has 1 rings (SSSR count). The van der Waals surface area contributed by atoms with E-state index in [1.807, 2.05) is 0 Å². The van der Waals surface area contributed by atoms with Crippen molar-refractivity contribution in [2.75, 3.05) is 0 Å². The van der Waals surface area contributed by atoms with Gasteiger partial charge in [0.1, 0.15) is 6.10 Å². The lowest BCUT2D eigenvalue weighted by Gasteiger charge is -2.45. The number of carbonyl (C=O) groups is 1. The molecule has 0 spiro atoms. The standard InChI is InChI=1S/C14H26O2/c1-9-7-10(2)13(16-11(3)15)12(8-9)14(4,5)6/h9-10,12-13H,7-8H2,1-6H3. The first-order valence-electron chi connectivity index (χ1n) is 6.39. The van der Waals surface area contributed by atoms with Crippen molar-refractivity contribution in [3.8, 4) is 0 Å². The Hall–Kier alpha value is -0.530. The van der Waals surface area contributed by atoms with Crippen molar-refractivity contribution < 1.29 is 9.53 Å². The third-order valence-electron chi connectivity index (χ3n) is 3.80.